The summed E-state index contributed by atoms with van der Waals surface area (Å²) in [7, 11) is 0. The molecule has 0 radical (unpaired) electrons. The van der Waals surface area contributed by atoms with Gasteiger partial charge < -0.3 is 4.74 Å². The van der Waals surface area contributed by atoms with Crippen LogP contribution in [0.25, 0.3) is 0 Å². The lowest BCUT2D eigenvalue weighted by Gasteiger charge is -2.48. The zero-order chi connectivity index (χ0) is 11.9. The molecule has 1 aromatic carbocycles. The number of rotatable bonds is 0. The van der Waals surface area contributed by atoms with Gasteiger partial charge in [-0.3, -0.25) is 5.32 Å². The molecule has 0 bridgehead atoms. The van der Waals surface area contributed by atoms with E-state index in [1.165, 1.54) is 12.0 Å². The summed E-state index contributed by atoms with van der Waals surface area (Å²) in [5.74, 6) is 1.56. The van der Waals surface area contributed by atoms with Gasteiger partial charge in [-0.2, -0.15) is 0 Å². The first-order valence-corrected chi connectivity index (χ1v) is 7.25. The maximum atomic E-state index is 5.85. The van der Waals surface area contributed by atoms with E-state index >= 15 is 0 Å². The first kappa shape index (κ1) is 11.4. The molecule has 1 N–H and O–H groups in total. The fourth-order valence-corrected chi connectivity index (χ4v) is 4.48. The van der Waals surface area contributed by atoms with E-state index in [-0.39, 0.29) is 4.87 Å². The van der Waals surface area contributed by atoms with Crippen molar-refractivity contribution in [2.75, 3.05) is 13.2 Å². The van der Waals surface area contributed by atoms with Crippen molar-refractivity contribution in [3.8, 4) is 5.75 Å². The third-order valence-corrected chi connectivity index (χ3v) is 5.57. The van der Waals surface area contributed by atoms with Crippen molar-refractivity contribution in [2.45, 2.75) is 30.4 Å². The number of benzene rings is 1. The topological polar surface area (TPSA) is 21.3 Å². The Morgan fingerprint density at radius 2 is 2.18 bits per heavy atom. The zero-order valence-electron chi connectivity index (χ0n) is 10.4. The average Bonchev–Trinajstić information content (AvgIpc) is 2.35. The fraction of sp³-hybridized carbons (Fsp3) is 0.571. The SMILES string of the molecule is CC1CCNC2(S1)c1ccccc1OCC2C. The molecule has 2 heterocycles. The van der Waals surface area contributed by atoms with Crippen molar-refractivity contribution < 1.29 is 4.74 Å². The summed E-state index contributed by atoms with van der Waals surface area (Å²) in [6, 6.07) is 8.47. The normalized spacial score (nSPS) is 36.4. The van der Waals surface area contributed by atoms with E-state index in [0.717, 1.165) is 18.9 Å². The monoisotopic (exact) mass is 249 g/mol. The Hall–Kier alpha value is -0.670. The zero-order valence-corrected chi connectivity index (χ0v) is 11.2. The van der Waals surface area contributed by atoms with Gasteiger partial charge in [0.25, 0.3) is 0 Å². The third-order valence-electron chi connectivity index (χ3n) is 3.80. The summed E-state index contributed by atoms with van der Waals surface area (Å²) in [6.45, 7) is 6.53. The Morgan fingerprint density at radius 3 is 3.00 bits per heavy atom. The molecule has 3 unspecified atom stereocenters. The molecule has 1 spiro atoms. The third kappa shape index (κ3) is 1.76. The largest absolute Gasteiger partial charge is 0.493 e. The number of thioether (sulfide) groups is 1. The second kappa shape index (κ2) is 4.21. The van der Waals surface area contributed by atoms with Crippen LogP contribution in [0.1, 0.15) is 25.8 Å². The minimum absolute atomic E-state index is 0.0620. The highest BCUT2D eigenvalue weighted by Crippen LogP contribution is 2.51. The van der Waals surface area contributed by atoms with Crippen molar-refractivity contribution in [3.63, 3.8) is 0 Å². The van der Waals surface area contributed by atoms with Crippen LogP contribution in [-0.2, 0) is 4.87 Å². The van der Waals surface area contributed by atoms with Gasteiger partial charge in [0.1, 0.15) is 5.75 Å². The molecular formula is C14H19NOS. The molecule has 0 aliphatic carbocycles. The van der Waals surface area contributed by atoms with Gasteiger partial charge in [0.15, 0.2) is 0 Å². The number of para-hydroxylation sites is 1. The Morgan fingerprint density at radius 1 is 1.35 bits per heavy atom. The predicted molar refractivity (Wildman–Crippen MR) is 72.5 cm³/mol. The molecule has 1 fully saturated rings. The van der Waals surface area contributed by atoms with Crippen LogP contribution in [-0.4, -0.2) is 18.4 Å². The lowest BCUT2D eigenvalue weighted by atomic mass is 9.90. The summed E-state index contributed by atoms with van der Waals surface area (Å²) in [6.07, 6.45) is 1.25. The number of fused-ring (bicyclic) bond motifs is 2. The predicted octanol–water partition coefficient (Wildman–Crippen LogP) is 2.98. The van der Waals surface area contributed by atoms with Crippen molar-refractivity contribution in [1.29, 1.82) is 0 Å². The Kier molecular flexibility index (Phi) is 2.83. The lowest BCUT2D eigenvalue weighted by Crippen LogP contribution is -2.53. The van der Waals surface area contributed by atoms with E-state index in [4.69, 9.17) is 4.74 Å². The molecule has 1 saturated heterocycles. The highest BCUT2D eigenvalue weighted by atomic mass is 32.2. The van der Waals surface area contributed by atoms with Crippen LogP contribution in [0.3, 0.4) is 0 Å². The summed E-state index contributed by atoms with van der Waals surface area (Å²) in [4.78, 5) is 0.0620. The van der Waals surface area contributed by atoms with Gasteiger partial charge in [-0.15, -0.1) is 11.8 Å². The van der Waals surface area contributed by atoms with E-state index in [1.807, 2.05) is 0 Å². The number of hydrogen-bond acceptors (Lipinski definition) is 3. The van der Waals surface area contributed by atoms with Crippen molar-refractivity contribution in [3.05, 3.63) is 29.8 Å². The Bertz CT molecular complexity index is 422. The minimum atomic E-state index is 0.0620. The summed E-state index contributed by atoms with van der Waals surface area (Å²) >= 11 is 2.07. The quantitative estimate of drug-likeness (QED) is 0.764. The minimum Gasteiger partial charge on any atom is -0.493 e. The smallest absolute Gasteiger partial charge is 0.125 e. The molecular weight excluding hydrogens is 230 g/mol. The highest BCUT2D eigenvalue weighted by Gasteiger charge is 2.46. The molecule has 1 aromatic rings. The lowest BCUT2D eigenvalue weighted by molar-refractivity contribution is 0.167. The van der Waals surface area contributed by atoms with E-state index < -0.39 is 0 Å². The van der Waals surface area contributed by atoms with Crippen molar-refractivity contribution >= 4 is 11.8 Å². The highest BCUT2D eigenvalue weighted by molar-refractivity contribution is 8.00. The standard InChI is InChI=1S/C14H19NOS/c1-10-9-16-13-6-4-3-5-12(13)14(10)15-8-7-11(2)17-14/h3-6,10-11,15H,7-9H2,1-2H3. The summed E-state index contributed by atoms with van der Waals surface area (Å²) in [5, 5.41) is 4.47. The van der Waals surface area contributed by atoms with Crippen LogP contribution in [0.4, 0.5) is 0 Å². The van der Waals surface area contributed by atoms with Crippen LogP contribution in [0, 0.1) is 5.92 Å². The number of hydrogen-bond donors (Lipinski definition) is 1. The summed E-state index contributed by atoms with van der Waals surface area (Å²) < 4.78 is 5.85. The van der Waals surface area contributed by atoms with E-state index in [1.54, 1.807) is 0 Å². The van der Waals surface area contributed by atoms with Gasteiger partial charge >= 0.3 is 0 Å². The molecule has 2 aliphatic heterocycles. The van der Waals surface area contributed by atoms with Crippen LogP contribution < -0.4 is 10.1 Å². The number of ether oxygens (including phenoxy) is 1. The van der Waals surface area contributed by atoms with E-state index in [2.05, 4.69) is 55.2 Å². The molecule has 3 heteroatoms. The first-order chi connectivity index (χ1) is 8.22. The molecule has 17 heavy (non-hydrogen) atoms. The summed E-state index contributed by atoms with van der Waals surface area (Å²) in [5.41, 5.74) is 1.33. The van der Waals surface area contributed by atoms with Crippen LogP contribution in [0.2, 0.25) is 0 Å². The molecule has 0 saturated carbocycles. The first-order valence-electron chi connectivity index (χ1n) is 6.37. The molecule has 2 aliphatic rings. The molecule has 92 valence electrons. The number of nitrogens with one attached hydrogen (secondary N) is 1. The van der Waals surface area contributed by atoms with Gasteiger partial charge in [0.2, 0.25) is 0 Å². The van der Waals surface area contributed by atoms with Gasteiger partial charge in [-0.25, -0.2) is 0 Å². The molecule has 3 atom stereocenters. The van der Waals surface area contributed by atoms with Gasteiger partial charge in [0.05, 0.1) is 11.5 Å². The second-order valence-corrected chi connectivity index (χ2v) is 6.77. The Balaban J connectivity index is 2.07. The van der Waals surface area contributed by atoms with Crippen LogP contribution in [0.5, 0.6) is 5.75 Å². The molecule has 0 amide bonds. The van der Waals surface area contributed by atoms with E-state index in [9.17, 15) is 0 Å². The average molecular weight is 249 g/mol. The van der Waals surface area contributed by atoms with Gasteiger partial charge in [0, 0.05) is 16.7 Å². The molecule has 2 nitrogen and oxygen atoms in total. The maximum absolute atomic E-state index is 5.85. The maximum Gasteiger partial charge on any atom is 0.125 e. The van der Waals surface area contributed by atoms with Gasteiger partial charge in [-0.1, -0.05) is 32.0 Å². The fourth-order valence-electron chi connectivity index (χ4n) is 2.83. The molecule has 3 rings (SSSR count). The van der Waals surface area contributed by atoms with Crippen molar-refractivity contribution in [2.24, 2.45) is 5.92 Å². The van der Waals surface area contributed by atoms with Crippen LogP contribution in [0.15, 0.2) is 24.3 Å². The molecule has 0 aromatic heterocycles. The Labute approximate surface area is 107 Å². The van der Waals surface area contributed by atoms with E-state index in [0.29, 0.717) is 11.2 Å². The second-order valence-electron chi connectivity index (χ2n) is 5.09. The van der Waals surface area contributed by atoms with Crippen molar-refractivity contribution in [1.82, 2.24) is 5.32 Å². The van der Waals surface area contributed by atoms with Crippen LogP contribution >= 0.6 is 11.8 Å². The van der Waals surface area contributed by atoms with Gasteiger partial charge in [-0.05, 0) is 19.0 Å².